The molecule has 18 heavy (non-hydrogen) atoms. The molecule has 0 saturated heterocycles. The molecule has 6 heteroatoms. The standard InChI is InChI=1S/C12H12ClN5/c13-11-10(8-14)2-4-17-12(11)16-3-1-6-18-7-5-15-9-18/h2,4-5,7,9H,1,3,6H2,(H,16,17). The summed E-state index contributed by atoms with van der Waals surface area (Å²) in [6, 6.07) is 3.62. The molecule has 1 N–H and O–H groups in total. The average molecular weight is 262 g/mol. The van der Waals surface area contributed by atoms with Crippen molar-refractivity contribution >= 4 is 17.4 Å². The molecule has 0 aliphatic rings. The van der Waals surface area contributed by atoms with Gasteiger partial charge in [0.1, 0.15) is 16.9 Å². The highest BCUT2D eigenvalue weighted by atomic mass is 35.5. The second-order valence-corrected chi connectivity index (χ2v) is 4.09. The van der Waals surface area contributed by atoms with E-state index in [1.54, 1.807) is 24.8 Å². The summed E-state index contributed by atoms with van der Waals surface area (Å²) in [6.45, 7) is 1.61. The molecule has 0 radical (unpaired) electrons. The van der Waals surface area contributed by atoms with Crippen molar-refractivity contribution in [3.63, 3.8) is 0 Å². The molecular formula is C12H12ClN5. The van der Waals surface area contributed by atoms with Crippen LogP contribution in [-0.2, 0) is 6.54 Å². The summed E-state index contributed by atoms with van der Waals surface area (Å²) in [7, 11) is 0. The number of halogens is 1. The largest absolute Gasteiger partial charge is 0.369 e. The number of imidazole rings is 1. The SMILES string of the molecule is N#Cc1ccnc(NCCCn2ccnc2)c1Cl. The number of aryl methyl sites for hydroxylation is 1. The summed E-state index contributed by atoms with van der Waals surface area (Å²) in [5.41, 5.74) is 0.434. The molecule has 0 amide bonds. The van der Waals surface area contributed by atoms with Crippen LogP contribution in [0.15, 0.2) is 31.0 Å². The number of hydrogen-bond donors (Lipinski definition) is 1. The molecule has 0 aromatic carbocycles. The zero-order chi connectivity index (χ0) is 12.8. The zero-order valence-corrected chi connectivity index (χ0v) is 10.4. The molecule has 0 atom stereocenters. The van der Waals surface area contributed by atoms with Gasteiger partial charge in [0.2, 0.25) is 0 Å². The van der Waals surface area contributed by atoms with Crippen LogP contribution in [0, 0.1) is 11.3 Å². The molecule has 0 bridgehead atoms. The highest BCUT2D eigenvalue weighted by Gasteiger charge is 2.05. The first-order valence-corrected chi connectivity index (χ1v) is 5.93. The Labute approximate surface area is 110 Å². The minimum absolute atomic E-state index is 0.377. The number of nitrogens with zero attached hydrogens (tertiary/aromatic N) is 4. The molecule has 0 fully saturated rings. The van der Waals surface area contributed by atoms with Gasteiger partial charge < -0.3 is 9.88 Å². The first kappa shape index (κ1) is 12.4. The maximum Gasteiger partial charge on any atom is 0.146 e. The van der Waals surface area contributed by atoms with Crippen molar-refractivity contribution < 1.29 is 0 Å². The number of nitriles is 1. The van der Waals surface area contributed by atoms with Crippen LogP contribution in [0.4, 0.5) is 5.82 Å². The monoisotopic (exact) mass is 261 g/mol. The summed E-state index contributed by atoms with van der Waals surface area (Å²) in [5.74, 6) is 0.557. The molecule has 2 aromatic heterocycles. The lowest BCUT2D eigenvalue weighted by atomic mass is 10.3. The van der Waals surface area contributed by atoms with Gasteiger partial charge in [-0.15, -0.1) is 0 Å². The molecule has 0 unspecified atom stereocenters. The number of rotatable bonds is 5. The number of aromatic nitrogens is 3. The van der Waals surface area contributed by atoms with Gasteiger partial charge in [0.25, 0.3) is 0 Å². The van der Waals surface area contributed by atoms with Gasteiger partial charge in [-0.05, 0) is 12.5 Å². The summed E-state index contributed by atoms with van der Waals surface area (Å²) in [5, 5.41) is 12.3. The maximum atomic E-state index is 8.84. The topological polar surface area (TPSA) is 66.5 Å². The van der Waals surface area contributed by atoms with E-state index in [0.29, 0.717) is 16.4 Å². The van der Waals surface area contributed by atoms with Crippen molar-refractivity contribution in [3.8, 4) is 6.07 Å². The fourth-order valence-corrected chi connectivity index (χ4v) is 1.76. The number of anilines is 1. The Morgan fingerprint density at radius 3 is 3.06 bits per heavy atom. The second kappa shape index (κ2) is 6.03. The van der Waals surface area contributed by atoms with E-state index in [1.807, 2.05) is 16.8 Å². The van der Waals surface area contributed by atoms with Crippen LogP contribution in [0.5, 0.6) is 0 Å². The predicted molar refractivity (Wildman–Crippen MR) is 69.3 cm³/mol. The summed E-state index contributed by atoms with van der Waals surface area (Å²) >= 11 is 6.02. The van der Waals surface area contributed by atoms with Gasteiger partial charge in [0, 0.05) is 31.7 Å². The third-order valence-corrected chi connectivity index (χ3v) is 2.84. The van der Waals surface area contributed by atoms with Gasteiger partial charge >= 0.3 is 0 Å². The van der Waals surface area contributed by atoms with Crippen LogP contribution >= 0.6 is 11.6 Å². The van der Waals surface area contributed by atoms with Crippen LogP contribution in [0.3, 0.4) is 0 Å². The van der Waals surface area contributed by atoms with E-state index in [1.165, 1.54) is 0 Å². The number of nitrogens with one attached hydrogen (secondary N) is 1. The van der Waals surface area contributed by atoms with E-state index in [9.17, 15) is 0 Å². The highest BCUT2D eigenvalue weighted by molar-refractivity contribution is 6.34. The molecule has 2 heterocycles. The normalized spacial score (nSPS) is 10.0. The Morgan fingerprint density at radius 1 is 1.44 bits per heavy atom. The Hall–Kier alpha value is -2.06. The lowest BCUT2D eigenvalue weighted by Gasteiger charge is -2.08. The maximum absolute atomic E-state index is 8.84. The molecule has 92 valence electrons. The Morgan fingerprint density at radius 2 is 2.33 bits per heavy atom. The van der Waals surface area contributed by atoms with Crippen LogP contribution in [-0.4, -0.2) is 21.1 Å². The van der Waals surface area contributed by atoms with Gasteiger partial charge in [0.15, 0.2) is 0 Å². The minimum atomic E-state index is 0.377. The van der Waals surface area contributed by atoms with Gasteiger partial charge in [-0.2, -0.15) is 5.26 Å². The summed E-state index contributed by atoms with van der Waals surface area (Å²) in [4.78, 5) is 8.08. The second-order valence-electron chi connectivity index (χ2n) is 3.71. The minimum Gasteiger partial charge on any atom is -0.369 e. The summed E-state index contributed by atoms with van der Waals surface area (Å²) < 4.78 is 2.00. The molecule has 0 aliphatic carbocycles. The lowest BCUT2D eigenvalue weighted by molar-refractivity contribution is 0.660. The van der Waals surface area contributed by atoms with E-state index in [0.717, 1.165) is 19.5 Å². The van der Waals surface area contributed by atoms with E-state index in [-0.39, 0.29) is 0 Å². The lowest BCUT2D eigenvalue weighted by Crippen LogP contribution is -2.07. The van der Waals surface area contributed by atoms with Crippen molar-refractivity contribution in [1.82, 2.24) is 14.5 Å². The summed E-state index contributed by atoms with van der Waals surface area (Å²) in [6.07, 6.45) is 7.94. The molecule has 2 rings (SSSR count). The van der Waals surface area contributed by atoms with Crippen molar-refractivity contribution in [2.75, 3.05) is 11.9 Å². The van der Waals surface area contributed by atoms with E-state index < -0.39 is 0 Å². The fourth-order valence-electron chi connectivity index (χ4n) is 1.54. The number of hydrogen-bond acceptors (Lipinski definition) is 4. The van der Waals surface area contributed by atoms with Gasteiger partial charge in [-0.1, -0.05) is 11.6 Å². The third kappa shape index (κ3) is 2.99. The van der Waals surface area contributed by atoms with E-state index in [2.05, 4.69) is 15.3 Å². The van der Waals surface area contributed by atoms with Crippen LogP contribution in [0.1, 0.15) is 12.0 Å². The Balaban J connectivity index is 1.85. The molecule has 0 spiro atoms. The van der Waals surface area contributed by atoms with E-state index >= 15 is 0 Å². The van der Waals surface area contributed by atoms with E-state index in [4.69, 9.17) is 16.9 Å². The highest BCUT2D eigenvalue weighted by Crippen LogP contribution is 2.22. The van der Waals surface area contributed by atoms with Crippen LogP contribution in [0.25, 0.3) is 0 Å². The van der Waals surface area contributed by atoms with Crippen LogP contribution < -0.4 is 5.32 Å². The van der Waals surface area contributed by atoms with Gasteiger partial charge in [-0.25, -0.2) is 9.97 Å². The van der Waals surface area contributed by atoms with Crippen molar-refractivity contribution in [2.45, 2.75) is 13.0 Å². The van der Waals surface area contributed by atoms with Gasteiger partial charge in [-0.3, -0.25) is 0 Å². The fraction of sp³-hybridized carbons (Fsp3) is 0.250. The first-order chi connectivity index (χ1) is 8.81. The van der Waals surface area contributed by atoms with Crippen LogP contribution in [0.2, 0.25) is 5.02 Å². The quantitative estimate of drug-likeness (QED) is 0.839. The van der Waals surface area contributed by atoms with Crippen molar-refractivity contribution in [1.29, 1.82) is 5.26 Å². The molecule has 2 aromatic rings. The van der Waals surface area contributed by atoms with Crippen molar-refractivity contribution in [3.05, 3.63) is 41.6 Å². The van der Waals surface area contributed by atoms with Crippen molar-refractivity contribution in [2.24, 2.45) is 0 Å². The zero-order valence-electron chi connectivity index (χ0n) is 9.67. The average Bonchev–Trinajstić information content (AvgIpc) is 2.89. The third-order valence-electron chi connectivity index (χ3n) is 2.45. The first-order valence-electron chi connectivity index (χ1n) is 5.55. The number of pyridine rings is 1. The Bertz CT molecular complexity index is 544. The Kier molecular flexibility index (Phi) is 4.15. The molecular weight excluding hydrogens is 250 g/mol. The molecule has 0 saturated carbocycles. The molecule has 5 nitrogen and oxygen atoms in total. The molecule has 0 aliphatic heterocycles. The van der Waals surface area contributed by atoms with Gasteiger partial charge in [0.05, 0.1) is 11.9 Å². The smallest absolute Gasteiger partial charge is 0.146 e. The predicted octanol–water partition coefficient (Wildman–Crippen LogP) is 2.31.